The van der Waals surface area contributed by atoms with Gasteiger partial charge >= 0.3 is 0 Å². The number of hydrogen-bond donors (Lipinski definition) is 1. The van der Waals surface area contributed by atoms with E-state index in [0.717, 1.165) is 6.42 Å². The highest BCUT2D eigenvalue weighted by Crippen LogP contribution is 2.27. The Balaban J connectivity index is 2.30. The zero-order chi connectivity index (χ0) is 15.4. The lowest BCUT2D eigenvalue weighted by atomic mass is 9.85. The summed E-state index contributed by atoms with van der Waals surface area (Å²) in [5, 5.41) is 8.86. The standard InChI is InChI=1S/C19H22N2/c1-13-8-14(2)19(15(3)9-13)18(12-21)10-16-4-6-17(11-20)7-5-16/h4-9,18H,10,12,21H2,1-3H3. The van der Waals surface area contributed by atoms with Crippen molar-refractivity contribution in [3.63, 3.8) is 0 Å². The third kappa shape index (κ3) is 3.51. The maximum absolute atomic E-state index is 8.86. The monoisotopic (exact) mass is 278 g/mol. The lowest BCUT2D eigenvalue weighted by molar-refractivity contribution is 0.685. The second kappa shape index (κ2) is 6.56. The molecule has 1 unspecified atom stereocenters. The van der Waals surface area contributed by atoms with Gasteiger partial charge in [0, 0.05) is 5.92 Å². The summed E-state index contributed by atoms with van der Waals surface area (Å²) in [6.07, 6.45) is 0.910. The maximum atomic E-state index is 8.86. The van der Waals surface area contributed by atoms with Gasteiger partial charge in [-0.05, 0) is 68.1 Å². The van der Waals surface area contributed by atoms with Crippen LogP contribution < -0.4 is 5.73 Å². The Hall–Kier alpha value is -2.11. The molecular weight excluding hydrogens is 256 g/mol. The summed E-state index contributed by atoms with van der Waals surface area (Å²) >= 11 is 0. The minimum atomic E-state index is 0.318. The molecule has 108 valence electrons. The zero-order valence-corrected chi connectivity index (χ0v) is 13.0. The summed E-state index contributed by atoms with van der Waals surface area (Å²) in [7, 11) is 0. The Bertz CT molecular complexity index is 640. The van der Waals surface area contributed by atoms with E-state index < -0.39 is 0 Å². The van der Waals surface area contributed by atoms with Crippen LogP contribution in [0.15, 0.2) is 36.4 Å². The van der Waals surface area contributed by atoms with Gasteiger partial charge in [-0.1, -0.05) is 29.8 Å². The summed E-state index contributed by atoms with van der Waals surface area (Å²) in [6, 6.07) is 14.4. The van der Waals surface area contributed by atoms with Crippen LogP contribution in [-0.4, -0.2) is 6.54 Å². The van der Waals surface area contributed by atoms with E-state index in [1.54, 1.807) is 0 Å². The molecule has 21 heavy (non-hydrogen) atoms. The predicted molar refractivity (Wildman–Crippen MR) is 87.3 cm³/mol. The van der Waals surface area contributed by atoms with Crippen molar-refractivity contribution in [2.75, 3.05) is 6.54 Å². The third-order valence-corrected chi connectivity index (χ3v) is 4.00. The van der Waals surface area contributed by atoms with Gasteiger partial charge in [-0.25, -0.2) is 0 Å². The van der Waals surface area contributed by atoms with Crippen molar-refractivity contribution in [1.29, 1.82) is 5.26 Å². The van der Waals surface area contributed by atoms with Gasteiger partial charge in [-0.15, -0.1) is 0 Å². The predicted octanol–water partition coefficient (Wildman–Crippen LogP) is 3.77. The van der Waals surface area contributed by atoms with Crippen molar-refractivity contribution < 1.29 is 0 Å². The Morgan fingerprint density at radius 1 is 1.05 bits per heavy atom. The van der Waals surface area contributed by atoms with E-state index in [-0.39, 0.29) is 0 Å². The van der Waals surface area contributed by atoms with Gasteiger partial charge in [0.2, 0.25) is 0 Å². The highest BCUT2D eigenvalue weighted by Gasteiger charge is 2.16. The lowest BCUT2D eigenvalue weighted by Gasteiger charge is -2.21. The lowest BCUT2D eigenvalue weighted by Crippen LogP contribution is -2.17. The molecule has 0 saturated heterocycles. The smallest absolute Gasteiger partial charge is 0.0991 e. The molecule has 0 saturated carbocycles. The molecule has 0 aliphatic rings. The minimum Gasteiger partial charge on any atom is -0.330 e. The summed E-state index contributed by atoms with van der Waals surface area (Å²) in [5.41, 5.74) is 13.3. The van der Waals surface area contributed by atoms with Crippen LogP contribution in [0, 0.1) is 32.1 Å². The van der Waals surface area contributed by atoms with Gasteiger partial charge < -0.3 is 5.73 Å². The van der Waals surface area contributed by atoms with Crippen LogP contribution in [0.1, 0.15) is 39.3 Å². The van der Waals surface area contributed by atoms with E-state index in [4.69, 9.17) is 11.0 Å². The minimum absolute atomic E-state index is 0.318. The molecule has 2 N–H and O–H groups in total. The molecule has 0 aliphatic heterocycles. The van der Waals surface area contributed by atoms with Gasteiger partial charge in [0.05, 0.1) is 11.6 Å². The molecule has 0 fully saturated rings. The number of nitrogens with two attached hydrogens (primary N) is 1. The molecule has 0 bridgehead atoms. The third-order valence-electron chi connectivity index (χ3n) is 4.00. The number of nitrogens with zero attached hydrogens (tertiary/aromatic N) is 1. The van der Waals surface area contributed by atoms with Crippen molar-refractivity contribution in [2.45, 2.75) is 33.1 Å². The Morgan fingerprint density at radius 3 is 2.10 bits per heavy atom. The molecule has 2 heteroatoms. The van der Waals surface area contributed by atoms with E-state index in [9.17, 15) is 0 Å². The normalized spacial score (nSPS) is 12.0. The topological polar surface area (TPSA) is 49.8 Å². The van der Waals surface area contributed by atoms with Gasteiger partial charge in [0.25, 0.3) is 0 Å². The summed E-state index contributed by atoms with van der Waals surface area (Å²) < 4.78 is 0. The molecule has 0 radical (unpaired) electrons. The Kier molecular flexibility index (Phi) is 4.77. The molecule has 0 heterocycles. The van der Waals surface area contributed by atoms with E-state index in [0.29, 0.717) is 18.0 Å². The molecular formula is C19H22N2. The van der Waals surface area contributed by atoms with Gasteiger partial charge in [-0.2, -0.15) is 5.26 Å². The van der Waals surface area contributed by atoms with E-state index >= 15 is 0 Å². The zero-order valence-electron chi connectivity index (χ0n) is 13.0. The first-order valence-electron chi connectivity index (χ1n) is 7.32. The molecule has 2 rings (SSSR count). The van der Waals surface area contributed by atoms with Crippen molar-refractivity contribution in [3.05, 3.63) is 69.8 Å². The number of benzene rings is 2. The van der Waals surface area contributed by atoms with Gasteiger partial charge in [-0.3, -0.25) is 0 Å². The van der Waals surface area contributed by atoms with Gasteiger partial charge in [0.1, 0.15) is 0 Å². The molecule has 2 nitrogen and oxygen atoms in total. The highest BCUT2D eigenvalue weighted by atomic mass is 14.5. The van der Waals surface area contributed by atoms with E-state index in [1.807, 2.05) is 24.3 Å². The number of rotatable bonds is 4. The van der Waals surface area contributed by atoms with Crippen molar-refractivity contribution in [3.8, 4) is 6.07 Å². The van der Waals surface area contributed by atoms with Crippen molar-refractivity contribution >= 4 is 0 Å². The van der Waals surface area contributed by atoms with Crippen molar-refractivity contribution in [1.82, 2.24) is 0 Å². The average molecular weight is 278 g/mol. The van der Waals surface area contributed by atoms with Gasteiger partial charge in [0.15, 0.2) is 0 Å². The number of nitriles is 1. The Labute approximate surface area is 127 Å². The second-order valence-electron chi connectivity index (χ2n) is 5.76. The van der Waals surface area contributed by atoms with E-state index in [1.165, 1.54) is 27.8 Å². The van der Waals surface area contributed by atoms with Crippen LogP contribution in [0.2, 0.25) is 0 Å². The fourth-order valence-electron chi connectivity index (χ4n) is 3.14. The second-order valence-corrected chi connectivity index (χ2v) is 5.76. The Morgan fingerprint density at radius 2 is 1.62 bits per heavy atom. The molecule has 0 spiro atoms. The quantitative estimate of drug-likeness (QED) is 0.925. The molecule has 1 atom stereocenters. The molecule has 0 aromatic heterocycles. The van der Waals surface area contributed by atoms with Crippen LogP contribution >= 0.6 is 0 Å². The van der Waals surface area contributed by atoms with Crippen LogP contribution in [-0.2, 0) is 6.42 Å². The van der Waals surface area contributed by atoms with E-state index in [2.05, 4.69) is 39.0 Å². The van der Waals surface area contributed by atoms with Crippen LogP contribution in [0.3, 0.4) is 0 Å². The van der Waals surface area contributed by atoms with Crippen LogP contribution in [0.25, 0.3) is 0 Å². The summed E-state index contributed by atoms with van der Waals surface area (Å²) in [5.74, 6) is 0.318. The summed E-state index contributed by atoms with van der Waals surface area (Å²) in [4.78, 5) is 0. The fourth-order valence-corrected chi connectivity index (χ4v) is 3.14. The summed E-state index contributed by atoms with van der Waals surface area (Å²) in [6.45, 7) is 7.08. The first-order valence-corrected chi connectivity index (χ1v) is 7.32. The first-order chi connectivity index (χ1) is 10.0. The molecule has 2 aromatic carbocycles. The SMILES string of the molecule is Cc1cc(C)c(C(CN)Cc2ccc(C#N)cc2)c(C)c1. The molecule has 0 amide bonds. The van der Waals surface area contributed by atoms with Crippen LogP contribution in [0.5, 0.6) is 0 Å². The maximum Gasteiger partial charge on any atom is 0.0991 e. The number of hydrogen-bond acceptors (Lipinski definition) is 2. The highest BCUT2D eigenvalue weighted by molar-refractivity contribution is 5.41. The molecule has 2 aromatic rings. The fraction of sp³-hybridized carbons (Fsp3) is 0.316. The van der Waals surface area contributed by atoms with Crippen LogP contribution in [0.4, 0.5) is 0 Å². The average Bonchev–Trinajstić information content (AvgIpc) is 2.45. The molecule has 0 aliphatic carbocycles. The first kappa shape index (κ1) is 15.3. The van der Waals surface area contributed by atoms with Crippen molar-refractivity contribution in [2.24, 2.45) is 5.73 Å². The largest absolute Gasteiger partial charge is 0.330 e. The number of aryl methyl sites for hydroxylation is 3.